The highest BCUT2D eigenvalue weighted by Gasteiger charge is 2.40. The monoisotopic (exact) mass is 348 g/mol. The third-order valence-corrected chi connectivity index (χ3v) is 5.50. The number of benzene rings is 2. The summed E-state index contributed by atoms with van der Waals surface area (Å²) in [4.78, 5) is 29.9. The van der Waals surface area contributed by atoms with E-state index < -0.39 is 0 Å². The van der Waals surface area contributed by atoms with Crippen molar-refractivity contribution >= 4 is 11.8 Å². The predicted molar refractivity (Wildman–Crippen MR) is 99.9 cm³/mol. The summed E-state index contributed by atoms with van der Waals surface area (Å²) in [6.45, 7) is 2.26. The summed E-state index contributed by atoms with van der Waals surface area (Å²) in [6, 6.07) is 20.1. The Balaban J connectivity index is 1.53. The zero-order valence-electron chi connectivity index (χ0n) is 14.9. The number of carbonyl (C=O) groups excluding carboxylic acids is 2. The van der Waals surface area contributed by atoms with Gasteiger partial charge in [0, 0.05) is 26.2 Å². The molecule has 2 saturated heterocycles. The average Bonchev–Trinajstić information content (AvgIpc) is 2.92. The first-order valence-corrected chi connectivity index (χ1v) is 9.36. The number of rotatable bonds is 4. The van der Waals surface area contributed by atoms with E-state index in [1.165, 1.54) is 0 Å². The third kappa shape index (κ3) is 3.50. The van der Waals surface area contributed by atoms with Crippen LogP contribution in [0.4, 0.5) is 0 Å². The summed E-state index contributed by atoms with van der Waals surface area (Å²) < 4.78 is 0. The van der Waals surface area contributed by atoms with Crippen LogP contribution in [0, 0.1) is 11.8 Å². The van der Waals surface area contributed by atoms with Crippen molar-refractivity contribution in [2.45, 2.75) is 25.9 Å². The van der Waals surface area contributed by atoms with Gasteiger partial charge in [0.05, 0.1) is 11.8 Å². The molecule has 2 heterocycles. The minimum Gasteiger partial charge on any atom is -0.337 e. The number of likely N-dealkylation sites (tertiary alicyclic amines) is 2. The van der Waals surface area contributed by atoms with E-state index in [9.17, 15) is 9.59 Å². The van der Waals surface area contributed by atoms with E-state index in [-0.39, 0.29) is 23.7 Å². The average molecular weight is 348 g/mol. The van der Waals surface area contributed by atoms with Crippen LogP contribution in [0.1, 0.15) is 24.0 Å². The van der Waals surface area contributed by atoms with Gasteiger partial charge in [-0.25, -0.2) is 0 Å². The largest absolute Gasteiger partial charge is 0.337 e. The van der Waals surface area contributed by atoms with Gasteiger partial charge in [-0.05, 0) is 24.0 Å². The van der Waals surface area contributed by atoms with Crippen molar-refractivity contribution < 1.29 is 9.59 Å². The Hall–Kier alpha value is -2.62. The number of nitrogens with zero attached hydrogens (tertiary/aromatic N) is 2. The van der Waals surface area contributed by atoms with Crippen molar-refractivity contribution in [1.82, 2.24) is 9.80 Å². The van der Waals surface area contributed by atoms with Crippen LogP contribution in [-0.2, 0) is 22.7 Å². The smallest absolute Gasteiger partial charge is 0.227 e. The van der Waals surface area contributed by atoms with Crippen LogP contribution in [0.2, 0.25) is 0 Å². The van der Waals surface area contributed by atoms with Crippen LogP contribution >= 0.6 is 0 Å². The maximum atomic E-state index is 13.1. The maximum absolute atomic E-state index is 13.1. The van der Waals surface area contributed by atoms with E-state index in [4.69, 9.17) is 0 Å². The molecule has 0 saturated carbocycles. The van der Waals surface area contributed by atoms with Crippen LogP contribution in [0.5, 0.6) is 0 Å². The minimum absolute atomic E-state index is 0.0844. The number of hydrogen-bond acceptors (Lipinski definition) is 2. The molecule has 2 bridgehead atoms. The molecule has 134 valence electrons. The fourth-order valence-corrected chi connectivity index (χ4v) is 4.11. The van der Waals surface area contributed by atoms with Gasteiger partial charge in [0.2, 0.25) is 11.8 Å². The van der Waals surface area contributed by atoms with Crippen LogP contribution in [0.3, 0.4) is 0 Å². The number of hydrogen-bond donors (Lipinski definition) is 0. The van der Waals surface area contributed by atoms with Crippen molar-refractivity contribution in [3.63, 3.8) is 0 Å². The van der Waals surface area contributed by atoms with Crippen LogP contribution in [0.25, 0.3) is 0 Å². The first-order chi connectivity index (χ1) is 12.7. The zero-order chi connectivity index (χ0) is 17.9. The minimum atomic E-state index is -0.0844. The fraction of sp³-hybridized carbons (Fsp3) is 0.364. The van der Waals surface area contributed by atoms with Crippen molar-refractivity contribution in [1.29, 1.82) is 0 Å². The Bertz CT molecular complexity index is 708. The Labute approximate surface area is 154 Å². The van der Waals surface area contributed by atoms with E-state index in [0.29, 0.717) is 26.2 Å². The van der Waals surface area contributed by atoms with Crippen LogP contribution < -0.4 is 0 Å². The Morgan fingerprint density at radius 2 is 1.04 bits per heavy atom. The predicted octanol–water partition coefficient (Wildman–Crippen LogP) is 3.08. The highest BCUT2D eigenvalue weighted by atomic mass is 16.2. The number of amides is 2. The molecule has 0 aromatic heterocycles. The second kappa shape index (κ2) is 7.32. The molecule has 0 spiro atoms. The molecular formula is C22H24N2O2. The van der Waals surface area contributed by atoms with Gasteiger partial charge in [0.15, 0.2) is 0 Å². The van der Waals surface area contributed by atoms with Crippen molar-refractivity contribution in [3.8, 4) is 0 Å². The van der Waals surface area contributed by atoms with E-state index in [2.05, 4.69) is 0 Å². The summed E-state index contributed by atoms with van der Waals surface area (Å²) in [6.07, 6.45) is 1.62. The summed E-state index contributed by atoms with van der Waals surface area (Å²) >= 11 is 0. The quantitative estimate of drug-likeness (QED) is 0.852. The van der Waals surface area contributed by atoms with Gasteiger partial charge in [-0.2, -0.15) is 0 Å². The normalized spacial score (nSPS) is 23.1. The van der Waals surface area contributed by atoms with E-state index in [1.807, 2.05) is 70.5 Å². The molecule has 0 radical (unpaired) electrons. The van der Waals surface area contributed by atoms with E-state index in [0.717, 1.165) is 24.0 Å². The molecule has 2 aromatic rings. The summed E-state index contributed by atoms with van der Waals surface area (Å²) in [5, 5.41) is 0. The molecule has 2 unspecified atom stereocenters. The molecule has 4 heteroatoms. The molecule has 0 aliphatic carbocycles. The molecule has 2 atom stereocenters. The van der Waals surface area contributed by atoms with E-state index in [1.54, 1.807) is 0 Å². The second-order valence-electron chi connectivity index (χ2n) is 7.38. The molecule has 4 rings (SSSR count). The topological polar surface area (TPSA) is 40.6 Å². The van der Waals surface area contributed by atoms with Gasteiger partial charge in [-0.3, -0.25) is 9.59 Å². The Morgan fingerprint density at radius 1 is 0.654 bits per heavy atom. The molecule has 2 aliphatic heterocycles. The molecule has 2 aromatic carbocycles. The molecule has 26 heavy (non-hydrogen) atoms. The standard InChI is InChI=1S/C22H24N2O2/c25-21-20-12-11-19(15-23(21)13-17-7-3-1-4-8-17)22(26)24(16-20)14-18-9-5-2-6-10-18/h1-10,19-20H,11-16H2. The third-order valence-electron chi connectivity index (χ3n) is 5.50. The zero-order valence-corrected chi connectivity index (χ0v) is 14.9. The van der Waals surface area contributed by atoms with Gasteiger partial charge < -0.3 is 9.80 Å². The lowest BCUT2D eigenvalue weighted by atomic mass is 10.0. The molecule has 2 fully saturated rings. The number of carbonyl (C=O) groups is 2. The summed E-state index contributed by atoms with van der Waals surface area (Å²) in [7, 11) is 0. The second-order valence-corrected chi connectivity index (χ2v) is 7.38. The van der Waals surface area contributed by atoms with E-state index >= 15 is 0 Å². The lowest BCUT2D eigenvalue weighted by molar-refractivity contribution is -0.144. The lowest BCUT2D eigenvalue weighted by Gasteiger charge is -2.34. The van der Waals surface area contributed by atoms with Gasteiger partial charge in [0.25, 0.3) is 0 Å². The van der Waals surface area contributed by atoms with Gasteiger partial charge in [0.1, 0.15) is 0 Å². The Kier molecular flexibility index (Phi) is 4.74. The molecular weight excluding hydrogens is 324 g/mol. The van der Waals surface area contributed by atoms with Gasteiger partial charge >= 0.3 is 0 Å². The molecule has 2 amide bonds. The fourth-order valence-electron chi connectivity index (χ4n) is 4.11. The number of fused-ring (bicyclic) bond motifs is 3. The van der Waals surface area contributed by atoms with Crippen molar-refractivity contribution in [3.05, 3.63) is 71.8 Å². The first kappa shape index (κ1) is 16.8. The molecule has 4 nitrogen and oxygen atoms in total. The molecule has 2 aliphatic rings. The van der Waals surface area contributed by atoms with Gasteiger partial charge in [-0.15, -0.1) is 0 Å². The van der Waals surface area contributed by atoms with Crippen LogP contribution in [-0.4, -0.2) is 34.7 Å². The highest BCUT2D eigenvalue weighted by molar-refractivity contribution is 5.86. The van der Waals surface area contributed by atoms with Gasteiger partial charge in [-0.1, -0.05) is 60.7 Å². The Morgan fingerprint density at radius 3 is 1.42 bits per heavy atom. The van der Waals surface area contributed by atoms with Crippen LogP contribution in [0.15, 0.2) is 60.7 Å². The summed E-state index contributed by atoms with van der Waals surface area (Å²) in [5.74, 6) is 0.224. The van der Waals surface area contributed by atoms with Crippen molar-refractivity contribution in [2.75, 3.05) is 13.1 Å². The van der Waals surface area contributed by atoms with Crippen molar-refractivity contribution in [2.24, 2.45) is 11.8 Å². The molecule has 0 N–H and O–H groups in total. The lowest BCUT2D eigenvalue weighted by Crippen LogP contribution is -2.48. The highest BCUT2D eigenvalue weighted by Crippen LogP contribution is 2.30. The first-order valence-electron chi connectivity index (χ1n) is 9.36. The summed E-state index contributed by atoms with van der Waals surface area (Å²) in [5.41, 5.74) is 2.24. The maximum Gasteiger partial charge on any atom is 0.227 e. The SMILES string of the molecule is O=C1C2CCC(CN1Cc1ccccc1)C(=O)N(Cc1ccccc1)C2.